The van der Waals surface area contributed by atoms with Crippen LogP contribution in [0.15, 0.2) is 22.8 Å². The number of hydrogen-bond acceptors (Lipinski definition) is 5. The first kappa shape index (κ1) is 14.6. The van der Waals surface area contributed by atoms with E-state index in [-0.39, 0.29) is 17.4 Å². The van der Waals surface area contributed by atoms with E-state index in [1.807, 2.05) is 20.8 Å². The fourth-order valence-corrected chi connectivity index (χ4v) is 2.03. The molecule has 1 aromatic rings. The Kier molecular flexibility index (Phi) is 4.13. The zero-order valence-corrected chi connectivity index (χ0v) is 11.9. The van der Waals surface area contributed by atoms with E-state index >= 15 is 0 Å². The molecule has 20 heavy (non-hydrogen) atoms. The monoisotopic (exact) mass is 280 g/mol. The van der Waals surface area contributed by atoms with Gasteiger partial charge in [0.1, 0.15) is 17.8 Å². The predicted octanol–water partition coefficient (Wildman–Crippen LogP) is 1.14. The molecule has 1 amide bonds. The van der Waals surface area contributed by atoms with Gasteiger partial charge in [0.2, 0.25) is 5.91 Å². The quantitative estimate of drug-likeness (QED) is 0.808. The third-order valence-electron chi connectivity index (χ3n) is 2.89. The molecular formula is C14H20N2O4. The second-order valence-electron chi connectivity index (χ2n) is 5.86. The van der Waals surface area contributed by atoms with Gasteiger partial charge in [-0.05, 0) is 32.9 Å². The van der Waals surface area contributed by atoms with Crippen LogP contribution < -0.4 is 10.6 Å². The minimum atomic E-state index is -0.708. The molecule has 1 aliphatic heterocycles. The average molecular weight is 280 g/mol. The number of rotatable bonds is 4. The van der Waals surface area contributed by atoms with E-state index in [4.69, 9.17) is 9.15 Å². The number of furan rings is 1. The molecular weight excluding hydrogens is 260 g/mol. The molecule has 2 atom stereocenters. The van der Waals surface area contributed by atoms with E-state index in [1.165, 1.54) is 6.26 Å². The number of ether oxygens (including phenoxy) is 1. The topological polar surface area (TPSA) is 80.6 Å². The smallest absolute Gasteiger partial charge is 0.323 e. The summed E-state index contributed by atoms with van der Waals surface area (Å²) in [6, 6.07) is 2.23. The van der Waals surface area contributed by atoms with Crippen molar-refractivity contribution in [3.63, 3.8) is 0 Å². The van der Waals surface area contributed by atoms with Crippen LogP contribution in [-0.4, -0.2) is 30.1 Å². The molecule has 0 spiro atoms. The first-order valence-corrected chi connectivity index (χ1v) is 6.65. The Balaban J connectivity index is 2.13. The van der Waals surface area contributed by atoms with Crippen molar-refractivity contribution in [2.45, 2.75) is 44.8 Å². The van der Waals surface area contributed by atoms with Crippen LogP contribution in [0.4, 0.5) is 0 Å². The summed E-state index contributed by atoms with van der Waals surface area (Å²) in [4.78, 5) is 23.9. The number of nitrogens with one attached hydrogen (secondary N) is 2. The highest BCUT2D eigenvalue weighted by atomic mass is 16.5. The number of carbonyl (C=O) groups excluding carboxylic acids is 2. The highest BCUT2D eigenvalue weighted by molar-refractivity contribution is 5.85. The minimum absolute atomic E-state index is 0.229. The molecule has 0 aliphatic carbocycles. The van der Waals surface area contributed by atoms with Crippen molar-refractivity contribution in [1.82, 2.24) is 10.6 Å². The van der Waals surface area contributed by atoms with Gasteiger partial charge >= 0.3 is 5.97 Å². The molecule has 2 N–H and O–H groups in total. The van der Waals surface area contributed by atoms with Crippen molar-refractivity contribution >= 4 is 11.9 Å². The standard InChI is InChI=1S/C14H20N2O4/c1-14(2,3)16-12(17)11(10-5-4-7-19-10)15-9-6-8-20-13(9)18/h4-5,7,9,11,15H,6,8H2,1-3H3,(H,16,17)/t9-,11?/m0/s1. The Labute approximate surface area is 117 Å². The van der Waals surface area contributed by atoms with Crippen molar-refractivity contribution in [3.8, 4) is 0 Å². The molecule has 0 saturated carbocycles. The van der Waals surface area contributed by atoms with Crippen LogP contribution in [0.3, 0.4) is 0 Å². The van der Waals surface area contributed by atoms with Crippen molar-refractivity contribution in [1.29, 1.82) is 0 Å². The summed E-state index contributed by atoms with van der Waals surface area (Å²) < 4.78 is 10.2. The van der Waals surface area contributed by atoms with Gasteiger partial charge in [-0.1, -0.05) is 0 Å². The molecule has 2 rings (SSSR count). The van der Waals surface area contributed by atoms with E-state index in [0.717, 1.165) is 0 Å². The average Bonchev–Trinajstić information content (AvgIpc) is 2.95. The third-order valence-corrected chi connectivity index (χ3v) is 2.89. The number of carbonyl (C=O) groups is 2. The first-order valence-electron chi connectivity index (χ1n) is 6.65. The fraction of sp³-hybridized carbons (Fsp3) is 0.571. The van der Waals surface area contributed by atoms with E-state index in [1.54, 1.807) is 12.1 Å². The summed E-state index contributed by atoms with van der Waals surface area (Å²) in [6.07, 6.45) is 2.06. The zero-order valence-electron chi connectivity index (χ0n) is 11.9. The maximum Gasteiger partial charge on any atom is 0.323 e. The summed E-state index contributed by atoms with van der Waals surface area (Å²) in [6.45, 7) is 6.07. The van der Waals surface area contributed by atoms with Crippen molar-refractivity contribution in [3.05, 3.63) is 24.2 Å². The molecule has 0 radical (unpaired) electrons. The van der Waals surface area contributed by atoms with Gasteiger partial charge in [0.15, 0.2) is 0 Å². The Hall–Kier alpha value is -1.82. The van der Waals surface area contributed by atoms with Gasteiger partial charge in [0.25, 0.3) is 0 Å². The van der Waals surface area contributed by atoms with Gasteiger partial charge in [0, 0.05) is 12.0 Å². The molecule has 110 valence electrons. The number of esters is 1. The number of cyclic esters (lactones) is 1. The lowest BCUT2D eigenvalue weighted by Gasteiger charge is -2.25. The molecule has 0 aromatic carbocycles. The van der Waals surface area contributed by atoms with Crippen LogP contribution >= 0.6 is 0 Å². The van der Waals surface area contributed by atoms with Gasteiger partial charge < -0.3 is 14.5 Å². The highest BCUT2D eigenvalue weighted by Gasteiger charge is 2.34. The van der Waals surface area contributed by atoms with Gasteiger partial charge in [-0.15, -0.1) is 0 Å². The molecule has 1 aliphatic rings. The lowest BCUT2D eigenvalue weighted by atomic mass is 10.1. The van der Waals surface area contributed by atoms with E-state index in [0.29, 0.717) is 18.8 Å². The van der Waals surface area contributed by atoms with Crippen LogP contribution in [-0.2, 0) is 14.3 Å². The van der Waals surface area contributed by atoms with E-state index < -0.39 is 12.1 Å². The normalized spacial score (nSPS) is 20.6. The van der Waals surface area contributed by atoms with Crippen LogP contribution in [0.5, 0.6) is 0 Å². The Bertz CT molecular complexity index is 476. The van der Waals surface area contributed by atoms with Crippen molar-refractivity contribution < 1.29 is 18.7 Å². The van der Waals surface area contributed by atoms with E-state index in [9.17, 15) is 9.59 Å². The molecule has 2 heterocycles. The molecule has 6 nitrogen and oxygen atoms in total. The summed E-state index contributed by atoms with van der Waals surface area (Å²) in [7, 11) is 0. The van der Waals surface area contributed by atoms with Gasteiger partial charge in [-0.2, -0.15) is 0 Å². The number of amides is 1. The molecule has 1 aromatic heterocycles. The van der Waals surface area contributed by atoms with Crippen LogP contribution in [0.1, 0.15) is 39.0 Å². The SMILES string of the molecule is CC(C)(C)NC(=O)C(N[C@H]1CCOC1=O)c1ccco1. The van der Waals surface area contributed by atoms with Gasteiger partial charge in [-0.25, -0.2) is 0 Å². The van der Waals surface area contributed by atoms with E-state index in [2.05, 4.69) is 10.6 Å². The minimum Gasteiger partial charge on any atom is -0.467 e. The molecule has 1 unspecified atom stereocenters. The molecule has 1 fully saturated rings. The Morgan fingerprint density at radius 3 is 2.70 bits per heavy atom. The third kappa shape index (κ3) is 3.60. The Morgan fingerprint density at radius 2 is 2.20 bits per heavy atom. The van der Waals surface area contributed by atoms with Crippen molar-refractivity contribution in [2.24, 2.45) is 0 Å². The summed E-state index contributed by atoms with van der Waals surface area (Å²) in [5.41, 5.74) is -0.361. The molecule has 0 bridgehead atoms. The second-order valence-corrected chi connectivity index (χ2v) is 5.86. The zero-order chi connectivity index (χ0) is 14.8. The second kappa shape index (κ2) is 5.66. The molecule has 1 saturated heterocycles. The first-order chi connectivity index (χ1) is 9.37. The molecule has 6 heteroatoms. The summed E-state index contributed by atoms with van der Waals surface area (Å²) >= 11 is 0. The lowest BCUT2D eigenvalue weighted by Crippen LogP contribution is -2.49. The lowest BCUT2D eigenvalue weighted by molar-refractivity contribution is -0.140. The number of hydrogen-bond donors (Lipinski definition) is 2. The van der Waals surface area contributed by atoms with Crippen LogP contribution in [0.2, 0.25) is 0 Å². The highest BCUT2D eigenvalue weighted by Crippen LogP contribution is 2.18. The van der Waals surface area contributed by atoms with Gasteiger partial charge in [-0.3, -0.25) is 14.9 Å². The Morgan fingerprint density at radius 1 is 1.45 bits per heavy atom. The maximum absolute atomic E-state index is 12.4. The van der Waals surface area contributed by atoms with Crippen LogP contribution in [0.25, 0.3) is 0 Å². The summed E-state index contributed by atoms with van der Waals surface area (Å²) in [5.74, 6) is -0.0799. The largest absolute Gasteiger partial charge is 0.467 e. The predicted molar refractivity (Wildman–Crippen MR) is 71.8 cm³/mol. The maximum atomic E-state index is 12.4. The summed E-state index contributed by atoms with van der Waals surface area (Å²) in [5, 5.41) is 5.89. The fourth-order valence-electron chi connectivity index (χ4n) is 2.03. The van der Waals surface area contributed by atoms with Crippen molar-refractivity contribution in [2.75, 3.05) is 6.61 Å². The van der Waals surface area contributed by atoms with Crippen LogP contribution in [0, 0.1) is 0 Å². The van der Waals surface area contributed by atoms with Gasteiger partial charge in [0.05, 0.1) is 12.9 Å².